The molecule has 0 fully saturated rings. The summed E-state index contributed by atoms with van der Waals surface area (Å²) in [6, 6.07) is 11.1. The Kier molecular flexibility index (Phi) is 7.13. The molecular weight excluding hydrogens is 376 g/mol. The summed E-state index contributed by atoms with van der Waals surface area (Å²) >= 11 is 5.71. The number of nitro groups is 1. The molecule has 8 nitrogen and oxygen atoms in total. The van der Waals surface area contributed by atoms with E-state index in [1.807, 2.05) is 12.1 Å². The Bertz CT molecular complexity index is 838. The molecule has 0 aliphatic carbocycles. The van der Waals surface area contributed by atoms with Crippen LogP contribution >= 0.6 is 11.6 Å². The second-order valence-corrected chi connectivity index (χ2v) is 5.91. The Morgan fingerprint density at radius 2 is 1.89 bits per heavy atom. The number of carbonyl (C=O) groups is 2. The predicted molar refractivity (Wildman–Crippen MR) is 99.0 cm³/mol. The van der Waals surface area contributed by atoms with Crippen LogP contribution in [-0.2, 0) is 20.7 Å². The minimum atomic E-state index is -0.682. The van der Waals surface area contributed by atoms with E-state index >= 15 is 0 Å². The van der Waals surface area contributed by atoms with E-state index in [1.54, 1.807) is 19.2 Å². The number of anilines is 1. The van der Waals surface area contributed by atoms with Crippen LogP contribution in [0.4, 0.5) is 11.4 Å². The molecule has 142 valence electrons. The quantitative estimate of drug-likeness (QED) is 0.419. The minimum absolute atomic E-state index is 0.0244. The van der Waals surface area contributed by atoms with Crippen molar-refractivity contribution >= 4 is 34.9 Å². The van der Waals surface area contributed by atoms with Crippen molar-refractivity contribution in [3.05, 3.63) is 63.2 Å². The van der Waals surface area contributed by atoms with Gasteiger partial charge in [0, 0.05) is 17.5 Å². The van der Waals surface area contributed by atoms with E-state index in [4.69, 9.17) is 21.1 Å². The highest BCUT2D eigenvalue weighted by Crippen LogP contribution is 2.27. The Morgan fingerprint density at radius 1 is 1.19 bits per heavy atom. The first-order valence-electron chi connectivity index (χ1n) is 7.91. The van der Waals surface area contributed by atoms with E-state index in [2.05, 4.69) is 5.32 Å². The van der Waals surface area contributed by atoms with Crippen molar-refractivity contribution in [3.8, 4) is 5.75 Å². The number of aryl methyl sites for hydroxylation is 1. The third-order valence-electron chi connectivity index (χ3n) is 3.57. The summed E-state index contributed by atoms with van der Waals surface area (Å²) < 4.78 is 9.95. The number of methoxy groups -OCH3 is 1. The van der Waals surface area contributed by atoms with Crippen LogP contribution in [0, 0.1) is 10.1 Å². The average molecular weight is 393 g/mol. The van der Waals surface area contributed by atoms with Crippen molar-refractivity contribution < 1.29 is 24.0 Å². The Morgan fingerprint density at radius 3 is 2.52 bits per heavy atom. The van der Waals surface area contributed by atoms with Gasteiger partial charge in [0.1, 0.15) is 11.4 Å². The zero-order valence-electron chi connectivity index (χ0n) is 14.4. The van der Waals surface area contributed by atoms with Crippen molar-refractivity contribution in [3.63, 3.8) is 0 Å². The van der Waals surface area contributed by atoms with Crippen LogP contribution in [0.2, 0.25) is 5.02 Å². The van der Waals surface area contributed by atoms with Crippen LogP contribution in [0.1, 0.15) is 12.0 Å². The van der Waals surface area contributed by atoms with Gasteiger partial charge in [0.2, 0.25) is 0 Å². The van der Waals surface area contributed by atoms with Gasteiger partial charge in [-0.15, -0.1) is 0 Å². The fourth-order valence-electron chi connectivity index (χ4n) is 2.20. The smallest absolute Gasteiger partial charge is 0.306 e. The number of halogens is 1. The fraction of sp³-hybridized carbons (Fsp3) is 0.222. The highest BCUT2D eigenvalue weighted by molar-refractivity contribution is 6.31. The summed E-state index contributed by atoms with van der Waals surface area (Å²) in [5.74, 6) is -0.515. The van der Waals surface area contributed by atoms with Crippen LogP contribution in [0.15, 0.2) is 42.5 Å². The van der Waals surface area contributed by atoms with E-state index in [-0.39, 0.29) is 22.8 Å². The molecule has 2 aromatic carbocycles. The number of hydrogen-bond acceptors (Lipinski definition) is 6. The summed E-state index contributed by atoms with van der Waals surface area (Å²) in [4.78, 5) is 33.9. The fourth-order valence-corrected chi connectivity index (χ4v) is 2.37. The van der Waals surface area contributed by atoms with Crippen LogP contribution in [0.5, 0.6) is 5.75 Å². The molecule has 0 heterocycles. The molecule has 0 aromatic heterocycles. The summed E-state index contributed by atoms with van der Waals surface area (Å²) in [7, 11) is 1.57. The third kappa shape index (κ3) is 6.27. The van der Waals surface area contributed by atoms with E-state index in [9.17, 15) is 19.7 Å². The maximum atomic E-state index is 11.9. The average Bonchev–Trinajstić information content (AvgIpc) is 2.66. The molecule has 0 aliphatic heterocycles. The number of nitrogens with one attached hydrogen (secondary N) is 1. The molecule has 2 rings (SSSR count). The molecule has 0 atom stereocenters. The Labute approximate surface area is 160 Å². The second kappa shape index (κ2) is 9.54. The monoisotopic (exact) mass is 392 g/mol. The van der Waals surface area contributed by atoms with Gasteiger partial charge < -0.3 is 14.8 Å². The van der Waals surface area contributed by atoms with Gasteiger partial charge in [0.05, 0.1) is 12.0 Å². The SMILES string of the molecule is COc1ccc(CCC(=O)OCC(=O)Nc2ccc(Cl)cc2[N+](=O)[O-])cc1. The number of nitro benzene ring substituents is 1. The van der Waals surface area contributed by atoms with Crippen LogP contribution in [-0.4, -0.2) is 30.5 Å². The van der Waals surface area contributed by atoms with E-state index < -0.39 is 23.4 Å². The van der Waals surface area contributed by atoms with Gasteiger partial charge >= 0.3 is 5.97 Å². The number of nitrogens with zero attached hydrogens (tertiary/aromatic N) is 1. The van der Waals surface area contributed by atoms with Crippen LogP contribution < -0.4 is 10.1 Å². The molecular formula is C18H17ClN2O6. The molecule has 0 saturated heterocycles. The lowest BCUT2D eigenvalue weighted by molar-refractivity contribution is -0.383. The number of rotatable bonds is 8. The summed E-state index contributed by atoms with van der Waals surface area (Å²) in [6.45, 7) is -0.540. The number of benzene rings is 2. The zero-order valence-corrected chi connectivity index (χ0v) is 15.2. The van der Waals surface area contributed by atoms with E-state index in [0.717, 1.165) is 11.6 Å². The maximum Gasteiger partial charge on any atom is 0.306 e. The first-order chi connectivity index (χ1) is 12.9. The topological polar surface area (TPSA) is 108 Å². The molecule has 0 unspecified atom stereocenters. The van der Waals surface area contributed by atoms with E-state index in [0.29, 0.717) is 12.2 Å². The highest BCUT2D eigenvalue weighted by atomic mass is 35.5. The number of hydrogen-bond donors (Lipinski definition) is 1. The number of ether oxygens (including phenoxy) is 2. The highest BCUT2D eigenvalue weighted by Gasteiger charge is 2.17. The largest absolute Gasteiger partial charge is 0.497 e. The van der Waals surface area contributed by atoms with Crippen molar-refractivity contribution in [1.82, 2.24) is 0 Å². The molecule has 0 bridgehead atoms. The lowest BCUT2D eigenvalue weighted by Crippen LogP contribution is -2.21. The molecule has 0 aliphatic rings. The van der Waals surface area contributed by atoms with Gasteiger partial charge in [-0.25, -0.2) is 0 Å². The van der Waals surface area contributed by atoms with Crippen LogP contribution in [0.25, 0.3) is 0 Å². The molecule has 0 radical (unpaired) electrons. The first kappa shape index (κ1) is 20.2. The van der Waals surface area contributed by atoms with Gasteiger partial charge in [-0.2, -0.15) is 0 Å². The molecule has 1 N–H and O–H groups in total. The Balaban J connectivity index is 1.81. The van der Waals surface area contributed by atoms with Crippen molar-refractivity contribution in [2.45, 2.75) is 12.8 Å². The van der Waals surface area contributed by atoms with Gasteiger partial charge in [-0.05, 0) is 36.2 Å². The number of amides is 1. The normalized spacial score (nSPS) is 10.1. The third-order valence-corrected chi connectivity index (χ3v) is 3.81. The lowest BCUT2D eigenvalue weighted by Gasteiger charge is -2.08. The van der Waals surface area contributed by atoms with Crippen molar-refractivity contribution in [1.29, 1.82) is 0 Å². The molecule has 2 aromatic rings. The minimum Gasteiger partial charge on any atom is -0.497 e. The zero-order chi connectivity index (χ0) is 19.8. The van der Waals surface area contributed by atoms with Gasteiger partial charge in [-0.3, -0.25) is 19.7 Å². The summed E-state index contributed by atoms with van der Waals surface area (Å²) in [5, 5.41) is 13.5. The predicted octanol–water partition coefficient (Wildman–Crippen LogP) is 3.37. The molecule has 0 saturated carbocycles. The van der Waals surface area contributed by atoms with Crippen LogP contribution in [0.3, 0.4) is 0 Å². The standard InChI is InChI=1S/C18H17ClN2O6/c1-26-14-6-2-12(3-7-14)4-9-18(23)27-11-17(22)20-15-8-5-13(19)10-16(15)21(24)25/h2-3,5-8,10H,4,9,11H2,1H3,(H,20,22). The van der Waals surface area contributed by atoms with Crippen molar-refractivity contribution in [2.75, 3.05) is 19.0 Å². The second-order valence-electron chi connectivity index (χ2n) is 5.48. The number of esters is 1. The molecule has 1 amide bonds. The summed E-state index contributed by atoms with van der Waals surface area (Å²) in [5.41, 5.74) is 0.555. The van der Waals surface area contributed by atoms with Crippen molar-refractivity contribution in [2.24, 2.45) is 0 Å². The number of carbonyl (C=O) groups excluding carboxylic acids is 2. The van der Waals surface area contributed by atoms with E-state index in [1.165, 1.54) is 12.1 Å². The van der Waals surface area contributed by atoms with Gasteiger partial charge in [0.15, 0.2) is 6.61 Å². The first-order valence-corrected chi connectivity index (χ1v) is 8.29. The van der Waals surface area contributed by atoms with Gasteiger partial charge in [0.25, 0.3) is 11.6 Å². The molecule has 27 heavy (non-hydrogen) atoms. The lowest BCUT2D eigenvalue weighted by atomic mass is 10.1. The summed E-state index contributed by atoms with van der Waals surface area (Å²) in [6.07, 6.45) is 0.549. The Hall–Kier alpha value is -3.13. The maximum absolute atomic E-state index is 11.9. The molecule has 0 spiro atoms. The molecule has 9 heteroatoms. The van der Waals surface area contributed by atoms with Gasteiger partial charge in [-0.1, -0.05) is 23.7 Å².